The molecule has 1 nitrogen and oxygen atoms in total. The fourth-order valence-corrected chi connectivity index (χ4v) is 2.93. The van der Waals surface area contributed by atoms with Crippen molar-refractivity contribution < 1.29 is 0 Å². The minimum Gasteiger partial charge on any atom is -0.316 e. The first-order valence-electron chi connectivity index (χ1n) is 7.22. The van der Waals surface area contributed by atoms with Gasteiger partial charge in [-0.1, -0.05) is 42.5 Å². The number of fused-ring (bicyclic) bond motifs is 1. The van der Waals surface area contributed by atoms with E-state index in [1.807, 2.05) is 7.05 Å². The van der Waals surface area contributed by atoms with Crippen molar-refractivity contribution >= 4 is 0 Å². The second kappa shape index (κ2) is 5.58. The van der Waals surface area contributed by atoms with E-state index in [-0.39, 0.29) is 0 Å². The molecular weight excluding hydrogens is 230 g/mol. The second-order valence-electron chi connectivity index (χ2n) is 5.42. The largest absolute Gasteiger partial charge is 0.316 e. The summed E-state index contributed by atoms with van der Waals surface area (Å²) in [6, 6.07) is 15.9. The molecule has 0 saturated carbocycles. The Bertz CT molecular complexity index is 554. The molecule has 1 aliphatic rings. The normalized spacial score (nSPS) is 14.2. The fraction of sp³-hybridized carbons (Fsp3) is 0.333. The molecule has 0 spiro atoms. The summed E-state index contributed by atoms with van der Waals surface area (Å²) in [5.41, 5.74) is 7.14. The third kappa shape index (κ3) is 2.71. The van der Waals surface area contributed by atoms with E-state index in [2.05, 4.69) is 47.8 Å². The van der Waals surface area contributed by atoms with E-state index >= 15 is 0 Å². The van der Waals surface area contributed by atoms with Gasteiger partial charge in [0.2, 0.25) is 0 Å². The third-order valence-corrected chi connectivity index (χ3v) is 4.02. The lowest BCUT2D eigenvalue weighted by molar-refractivity contribution is 0.686. The zero-order valence-corrected chi connectivity index (χ0v) is 11.6. The molecule has 0 aromatic heterocycles. The summed E-state index contributed by atoms with van der Waals surface area (Å²) in [4.78, 5) is 0. The molecule has 2 aromatic carbocycles. The molecule has 1 aliphatic carbocycles. The first-order chi connectivity index (χ1) is 9.36. The van der Waals surface area contributed by atoms with Gasteiger partial charge < -0.3 is 5.32 Å². The van der Waals surface area contributed by atoms with Gasteiger partial charge in [0.25, 0.3) is 0 Å². The lowest BCUT2D eigenvalue weighted by atomic mass is 9.89. The molecule has 1 heteroatoms. The van der Waals surface area contributed by atoms with E-state index in [0.717, 1.165) is 6.54 Å². The topological polar surface area (TPSA) is 12.0 Å². The van der Waals surface area contributed by atoms with Gasteiger partial charge in [0.1, 0.15) is 0 Å². The molecule has 0 bridgehead atoms. The summed E-state index contributed by atoms with van der Waals surface area (Å²) in [5, 5.41) is 3.18. The van der Waals surface area contributed by atoms with Crippen molar-refractivity contribution in [3.05, 3.63) is 59.2 Å². The lowest BCUT2D eigenvalue weighted by Gasteiger charge is -2.16. The molecule has 0 aliphatic heterocycles. The number of benzene rings is 2. The van der Waals surface area contributed by atoms with Crippen molar-refractivity contribution in [1.82, 2.24) is 5.32 Å². The molecule has 0 atom stereocenters. The number of hydrogen-bond acceptors (Lipinski definition) is 1. The molecule has 0 amide bonds. The molecule has 0 unspecified atom stereocenters. The van der Waals surface area contributed by atoms with Crippen LogP contribution < -0.4 is 5.32 Å². The van der Waals surface area contributed by atoms with Crippen LogP contribution in [0.5, 0.6) is 0 Å². The summed E-state index contributed by atoms with van der Waals surface area (Å²) >= 11 is 0. The Labute approximate surface area is 115 Å². The average Bonchev–Trinajstić information content (AvgIpc) is 2.48. The van der Waals surface area contributed by atoms with Gasteiger partial charge in [-0.25, -0.2) is 0 Å². The highest BCUT2D eigenvalue weighted by Crippen LogP contribution is 2.27. The SMILES string of the molecule is CNCc1ccc(-c2ccc3c(c2)CCCC3)cc1. The average molecular weight is 251 g/mol. The molecule has 0 fully saturated rings. The molecule has 19 heavy (non-hydrogen) atoms. The fourth-order valence-electron chi connectivity index (χ4n) is 2.93. The summed E-state index contributed by atoms with van der Waals surface area (Å²) in [6.07, 6.45) is 5.21. The number of nitrogens with one attached hydrogen (secondary N) is 1. The highest BCUT2D eigenvalue weighted by molar-refractivity contribution is 5.65. The lowest BCUT2D eigenvalue weighted by Crippen LogP contribution is -2.04. The van der Waals surface area contributed by atoms with Crippen LogP contribution in [0.25, 0.3) is 11.1 Å². The van der Waals surface area contributed by atoms with Gasteiger partial charge in [-0.15, -0.1) is 0 Å². The van der Waals surface area contributed by atoms with E-state index in [1.54, 1.807) is 11.1 Å². The molecule has 1 N–H and O–H groups in total. The predicted octanol–water partition coefficient (Wildman–Crippen LogP) is 3.95. The second-order valence-corrected chi connectivity index (χ2v) is 5.42. The maximum absolute atomic E-state index is 3.18. The Morgan fingerprint density at radius 1 is 0.842 bits per heavy atom. The van der Waals surface area contributed by atoms with Crippen molar-refractivity contribution in [1.29, 1.82) is 0 Å². The Kier molecular flexibility index (Phi) is 3.65. The number of rotatable bonds is 3. The van der Waals surface area contributed by atoms with Crippen LogP contribution in [-0.4, -0.2) is 7.05 Å². The maximum Gasteiger partial charge on any atom is 0.0202 e. The van der Waals surface area contributed by atoms with E-state index < -0.39 is 0 Å². The van der Waals surface area contributed by atoms with Gasteiger partial charge >= 0.3 is 0 Å². The maximum atomic E-state index is 3.18. The summed E-state index contributed by atoms with van der Waals surface area (Å²) in [6.45, 7) is 0.935. The third-order valence-electron chi connectivity index (χ3n) is 4.02. The monoisotopic (exact) mass is 251 g/mol. The van der Waals surface area contributed by atoms with E-state index in [1.165, 1.54) is 42.4 Å². The van der Waals surface area contributed by atoms with Crippen molar-refractivity contribution in [2.45, 2.75) is 32.2 Å². The summed E-state index contributed by atoms with van der Waals surface area (Å²) < 4.78 is 0. The summed E-state index contributed by atoms with van der Waals surface area (Å²) in [7, 11) is 1.98. The number of aryl methyl sites for hydroxylation is 2. The van der Waals surface area contributed by atoms with Gasteiger partial charge in [0, 0.05) is 6.54 Å². The molecule has 98 valence electrons. The van der Waals surface area contributed by atoms with E-state index in [0.29, 0.717) is 0 Å². The van der Waals surface area contributed by atoms with Crippen LogP contribution in [0.15, 0.2) is 42.5 Å². The van der Waals surface area contributed by atoms with Crippen molar-refractivity contribution in [2.75, 3.05) is 7.05 Å². The minimum atomic E-state index is 0.935. The standard InChI is InChI=1S/C18H21N/c1-19-13-14-6-8-16(9-7-14)18-11-10-15-4-2-3-5-17(15)12-18/h6-12,19H,2-5,13H2,1H3. The zero-order chi connectivity index (χ0) is 13.1. The molecule has 0 heterocycles. The molecule has 2 aromatic rings. The smallest absolute Gasteiger partial charge is 0.0202 e. The van der Waals surface area contributed by atoms with Crippen LogP contribution >= 0.6 is 0 Å². The van der Waals surface area contributed by atoms with Crippen LogP contribution in [0.2, 0.25) is 0 Å². The quantitative estimate of drug-likeness (QED) is 0.871. The Morgan fingerprint density at radius 2 is 1.53 bits per heavy atom. The molecule has 0 saturated heterocycles. The van der Waals surface area contributed by atoms with Crippen LogP contribution in [0.1, 0.15) is 29.5 Å². The zero-order valence-electron chi connectivity index (χ0n) is 11.6. The Morgan fingerprint density at radius 3 is 2.26 bits per heavy atom. The highest BCUT2D eigenvalue weighted by Gasteiger charge is 2.09. The molecule has 3 rings (SSSR count). The van der Waals surface area contributed by atoms with E-state index in [9.17, 15) is 0 Å². The van der Waals surface area contributed by atoms with E-state index in [4.69, 9.17) is 0 Å². The highest BCUT2D eigenvalue weighted by atomic mass is 14.8. The van der Waals surface area contributed by atoms with Crippen molar-refractivity contribution in [3.8, 4) is 11.1 Å². The van der Waals surface area contributed by atoms with Gasteiger partial charge in [-0.3, -0.25) is 0 Å². The summed E-state index contributed by atoms with van der Waals surface area (Å²) in [5.74, 6) is 0. The van der Waals surface area contributed by atoms with Gasteiger partial charge in [0.15, 0.2) is 0 Å². The first kappa shape index (κ1) is 12.4. The predicted molar refractivity (Wildman–Crippen MR) is 81.3 cm³/mol. The van der Waals surface area contributed by atoms with Crippen LogP contribution in [-0.2, 0) is 19.4 Å². The minimum absolute atomic E-state index is 0.935. The Hall–Kier alpha value is -1.60. The van der Waals surface area contributed by atoms with Crippen LogP contribution in [0, 0.1) is 0 Å². The molecular formula is C18H21N. The Balaban J connectivity index is 1.89. The first-order valence-corrected chi connectivity index (χ1v) is 7.22. The van der Waals surface area contributed by atoms with Crippen molar-refractivity contribution in [3.63, 3.8) is 0 Å². The van der Waals surface area contributed by atoms with Crippen molar-refractivity contribution in [2.24, 2.45) is 0 Å². The number of hydrogen-bond donors (Lipinski definition) is 1. The van der Waals surface area contributed by atoms with Gasteiger partial charge in [-0.2, -0.15) is 0 Å². The van der Waals surface area contributed by atoms with Gasteiger partial charge in [-0.05, 0) is 60.5 Å². The van der Waals surface area contributed by atoms with Gasteiger partial charge in [0.05, 0.1) is 0 Å². The van der Waals surface area contributed by atoms with Crippen LogP contribution in [0.3, 0.4) is 0 Å². The van der Waals surface area contributed by atoms with Crippen LogP contribution in [0.4, 0.5) is 0 Å². The molecule has 0 radical (unpaired) electrons.